The third kappa shape index (κ3) is 4.87. The second-order valence-electron chi connectivity index (χ2n) is 4.53. The zero-order valence-electron chi connectivity index (χ0n) is 11.6. The minimum atomic E-state index is -4.20. The predicted octanol–water partition coefficient (Wildman–Crippen LogP) is 2.36. The van der Waals surface area contributed by atoms with Crippen LogP contribution in [-0.4, -0.2) is 19.1 Å². The number of ether oxygens (including phenoxy) is 1. The van der Waals surface area contributed by atoms with Crippen LogP contribution in [0.5, 0.6) is 0 Å². The van der Waals surface area contributed by atoms with E-state index in [4.69, 9.17) is 9.29 Å². The minimum absolute atomic E-state index is 0.175. The van der Waals surface area contributed by atoms with E-state index < -0.39 is 16.2 Å². The summed E-state index contributed by atoms with van der Waals surface area (Å²) in [5, 5.41) is 2.55. The van der Waals surface area contributed by atoms with Gasteiger partial charge >= 0.3 is 6.09 Å². The van der Waals surface area contributed by atoms with E-state index in [-0.39, 0.29) is 18.0 Å². The Hall–Kier alpha value is -2.38. The SMILES string of the molecule is O=C(NCc1ccc(S(=O)(=O)O)cc1)OCc1ccccc1. The van der Waals surface area contributed by atoms with Gasteiger partial charge in [0.2, 0.25) is 0 Å². The lowest BCUT2D eigenvalue weighted by Gasteiger charge is -2.07. The zero-order valence-corrected chi connectivity index (χ0v) is 12.4. The molecule has 0 saturated heterocycles. The highest BCUT2D eigenvalue weighted by Crippen LogP contribution is 2.10. The Balaban J connectivity index is 1.81. The molecule has 2 N–H and O–H groups in total. The standard InChI is InChI=1S/C15H15NO5S/c17-15(21-11-13-4-2-1-3-5-13)16-10-12-6-8-14(9-7-12)22(18,19)20/h1-9H,10-11H2,(H,16,17)(H,18,19,20). The van der Waals surface area contributed by atoms with Crippen LogP contribution in [-0.2, 0) is 28.0 Å². The molecular formula is C15H15NO5S. The van der Waals surface area contributed by atoms with Crippen molar-refractivity contribution in [1.29, 1.82) is 0 Å². The van der Waals surface area contributed by atoms with Crippen LogP contribution < -0.4 is 5.32 Å². The molecule has 0 aliphatic heterocycles. The summed E-state index contributed by atoms with van der Waals surface area (Å²) in [6.07, 6.45) is -0.567. The molecule has 6 nitrogen and oxygen atoms in total. The summed E-state index contributed by atoms with van der Waals surface area (Å²) in [5.74, 6) is 0. The lowest BCUT2D eigenvalue weighted by atomic mass is 10.2. The quantitative estimate of drug-likeness (QED) is 0.825. The van der Waals surface area contributed by atoms with E-state index in [0.717, 1.165) is 5.56 Å². The van der Waals surface area contributed by atoms with Gasteiger partial charge in [-0.25, -0.2) is 4.79 Å². The molecule has 7 heteroatoms. The molecule has 1 amide bonds. The Morgan fingerprint density at radius 2 is 1.64 bits per heavy atom. The summed E-state index contributed by atoms with van der Waals surface area (Å²) in [6.45, 7) is 0.369. The molecule has 2 rings (SSSR count). The molecule has 0 fully saturated rings. The Kier molecular flexibility index (Phi) is 5.13. The van der Waals surface area contributed by atoms with Crippen molar-refractivity contribution in [3.8, 4) is 0 Å². The van der Waals surface area contributed by atoms with Gasteiger partial charge in [-0.1, -0.05) is 42.5 Å². The van der Waals surface area contributed by atoms with E-state index in [1.165, 1.54) is 24.3 Å². The summed E-state index contributed by atoms with van der Waals surface area (Å²) in [5.41, 5.74) is 1.57. The molecule has 0 aromatic heterocycles. The van der Waals surface area contributed by atoms with Crippen LogP contribution in [0, 0.1) is 0 Å². The van der Waals surface area contributed by atoms with Crippen molar-refractivity contribution in [1.82, 2.24) is 5.32 Å². The molecule has 0 atom stereocenters. The maximum atomic E-state index is 11.5. The fraction of sp³-hybridized carbons (Fsp3) is 0.133. The van der Waals surface area contributed by atoms with Crippen molar-refractivity contribution in [3.05, 3.63) is 65.7 Å². The van der Waals surface area contributed by atoms with Crippen molar-refractivity contribution in [2.45, 2.75) is 18.0 Å². The third-order valence-corrected chi connectivity index (χ3v) is 3.74. The number of amides is 1. The van der Waals surface area contributed by atoms with Crippen LogP contribution in [0.15, 0.2) is 59.5 Å². The highest BCUT2D eigenvalue weighted by atomic mass is 32.2. The molecule has 0 saturated carbocycles. The second-order valence-corrected chi connectivity index (χ2v) is 5.96. The van der Waals surface area contributed by atoms with Gasteiger partial charge in [0.05, 0.1) is 4.90 Å². The number of carbonyl (C=O) groups is 1. The number of benzene rings is 2. The molecule has 0 aliphatic carbocycles. The molecule has 0 heterocycles. The average molecular weight is 321 g/mol. The van der Waals surface area contributed by atoms with Gasteiger partial charge in [-0.3, -0.25) is 4.55 Å². The molecule has 0 aliphatic rings. The number of nitrogens with one attached hydrogen (secondary N) is 1. The molecule has 116 valence electrons. The summed E-state index contributed by atoms with van der Waals surface area (Å²) in [7, 11) is -4.20. The fourth-order valence-corrected chi connectivity index (χ4v) is 2.21. The first-order valence-electron chi connectivity index (χ1n) is 6.46. The first-order chi connectivity index (χ1) is 10.4. The smallest absolute Gasteiger partial charge is 0.407 e. The topological polar surface area (TPSA) is 92.7 Å². The molecule has 0 bridgehead atoms. The van der Waals surface area contributed by atoms with Crippen LogP contribution in [0.25, 0.3) is 0 Å². The van der Waals surface area contributed by atoms with Gasteiger partial charge in [0, 0.05) is 6.54 Å². The highest BCUT2D eigenvalue weighted by molar-refractivity contribution is 7.85. The van der Waals surface area contributed by atoms with Crippen molar-refractivity contribution in [2.24, 2.45) is 0 Å². The van der Waals surface area contributed by atoms with E-state index in [9.17, 15) is 13.2 Å². The number of alkyl carbamates (subject to hydrolysis) is 1. The Morgan fingerprint density at radius 1 is 1.00 bits per heavy atom. The Morgan fingerprint density at radius 3 is 2.23 bits per heavy atom. The summed E-state index contributed by atoms with van der Waals surface area (Å²) in [6, 6.07) is 14.8. The summed E-state index contributed by atoms with van der Waals surface area (Å²) in [4.78, 5) is 11.4. The summed E-state index contributed by atoms with van der Waals surface area (Å²) >= 11 is 0. The van der Waals surface area contributed by atoms with Crippen LogP contribution in [0.3, 0.4) is 0 Å². The van der Waals surface area contributed by atoms with Gasteiger partial charge in [-0.05, 0) is 23.3 Å². The van der Waals surface area contributed by atoms with Gasteiger partial charge in [0.1, 0.15) is 6.61 Å². The highest BCUT2D eigenvalue weighted by Gasteiger charge is 2.09. The van der Waals surface area contributed by atoms with Crippen LogP contribution >= 0.6 is 0 Å². The van der Waals surface area contributed by atoms with E-state index in [0.29, 0.717) is 5.56 Å². The predicted molar refractivity (Wildman–Crippen MR) is 79.7 cm³/mol. The summed E-state index contributed by atoms with van der Waals surface area (Å²) < 4.78 is 35.7. The van der Waals surface area contributed by atoms with Gasteiger partial charge in [0.25, 0.3) is 10.1 Å². The first kappa shape index (κ1) is 16.0. The second kappa shape index (κ2) is 7.06. The number of carbonyl (C=O) groups excluding carboxylic acids is 1. The Bertz CT molecular complexity index is 726. The molecule has 22 heavy (non-hydrogen) atoms. The molecule has 2 aromatic carbocycles. The van der Waals surface area contributed by atoms with Crippen molar-refractivity contribution >= 4 is 16.2 Å². The Labute approximate surface area is 128 Å². The van der Waals surface area contributed by atoms with Crippen molar-refractivity contribution in [2.75, 3.05) is 0 Å². The maximum Gasteiger partial charge on any atom is 0.407 e. The lowest BCUT2D eigenvalue weighted by Crippen LogP contribution is -2.23. The average Bonchev–Trinajstić information content (AvgIpc) is 2.51. The van der Waals surface area contributed by atoms with Gasteiger partial charge < -0.3 is 10.1 Å². The van der Waals surface area contributed by atoms with Gasteiger partial charge in [-0.15, -0.1) is 0 Å². The molecule has 0 spiro atoms. The van der Waals surface area contributed by atoms with E-state index >= 15 is 0 Å². The van der Waals surface area contributed by atoms with Crippen LogP contribution in [0.2, 0.25) is 0 Å². The normalized spacial score (nSPS) is 11.0. The largest absolute Gasteiger partial charge is 0.445 e. The van der Waals surface area contributed by atoms with E-state index in [2.05, 4.69) is 5.32 Å². The molecular weight excluding hydrogens is 306 g/mol. The zero-order chi connectivity index (χ0) is 16.0. The van der Waals surface area contributed by atoms with Crippen molar-refractivity contribution < 1.29 is 22.5 Å². The third-order valence-electron chi connectivity index (χ3n) is 2.87. The number of rotatable bonds is 5. The number of hydrogen-bond acceptors (Lipinski definition) is 4. The lowest BCUT2D eigenvalue weighted by molar-refractivity contribution is 0.139. The van der Waals surface area contributed by atoms with E-state index in [1.807, 2.05) is 30.3 Å². The van der Waals surface area contributed by atoms with Gasteiger partial charge in [-0.2, -0.15) is 8.42 Å². The maximum absolute atomic E-state index is 11.5. The molecule has 0 radical (unpaired) electrons. The van der Waals surface area contributed by atoms with Crippen LogP contribution in [0.1, 0.15) is 11.1 Å². The fourth-order valence-electron chi connectivity index (χ4n) is 1.73. The number of hydrogen-bond donors (Lipinski definition) is 2. The van der Waals surface area contributed by atoms with Crippen molar-refractivity contribution in [3.63, 3.8) is 0 Å². The van der Waals surface area contributed by atoms with Crippen LogP contribution in [0.4, 0.5) is 4.79 Å². The monoisotopic (exact) mass is 321 g/mol. The molecule has 2 aromatic rings. The van der Waals surface area contributed by atoms with E-state index in [1.54, 1.807) is 0 Å². The first-order valence-corrected chi connectivity index (χ1v) is 7.90. The minimum Gasteiger partial charge on any atom is -0.445 e. The van der Waals surface area contributed by atoms with Gasteiger partial charge in [0.15, 0.2) is 0 Å². The molecule has 0 unspecified atom stereocenters.